The molecule has 0 radical (unpaired) electrons. The van der Waals surface area contributed by atoms with E-state index >= 15 is 0 Å². The zero-order valence-corrected chi connectivity index (χ0v) is 10.6. The monoisotopic (exact) mass is 224 g/mol. The molecule has 0 aliphatic carbocycles. The largest absolute Gasteiger partial charge is 0.342 e. The van der Waals surface area contributed by atoms with Crippen LogP contribution in [0.4, 0.5) is 0 Å². The average molecular weight is 224 g/mol. The van der Waals surface area contributed by atoms with Gasteiger partial charge in [-0.1, -0.05) is 0 Å². The van der Waals surface area contributed by atoms with Crippen LogP contribution in [0.15, 0.2) is 0 Å². The lowest BCUT2D eigenvalue weighted by molar-refractivity contribution is -0.139. The first-order valence-electron chi connectivity index (χ1n) is 6.71. The second kappa shape index (κ2) is 5.17. The van der Waals surface area contributed by atoms with Crippen molar-refractivity contribution in [1.29, 1.82) is 0 Å². The third kappa shape index (κ3) is 2.57. The van der Waals surface area contributed by atoms with Crippen LogP contribution in [-0.2, 0) is 4.79 Å². The van der Waals surface area contributed by atoms with Gasteiger partial charge >= 0.3 is 0 Å². The van der Waals surface area contributed by atoms with Gasteiger partial charge < -0.3 is 9.80 Å². The summed E-state index contributed by atoms with van der Waals surface area (Å²) in [5, 5.41) is 0. The maximum Gasteiger partial charge on any atom is 0.225 e. The summed E-state index contributed by atoms with van der Waals surface area (Å²) in [5.41, 5.74) is 0. The number of likely N-dealkylation sites (tertiary alicyclic amines) is 2. The summed E-state index contributed by atoms with van der Waals surface area (Å²) in [4.78, 5) is 16.7. The van der Waals surface area contributed by atoms with Gasteiger partial charge in [-0.25, -0.2) is 0 Å². The van der Waals surface area contributed by atoms with Crippen molar-refractivity contribution in [2.75, 3.05) is 26.2 Å². The third-order valence-corrected chi connectivity index (χ3v) is 4.01. The van der Waals surface area contributed by atoms with Crippen LogP contribution in [0, 0.1) is 5.92 Å². The van der Waals surface area contributed by atoms with Crippen molar-refractivity contribution in [3.05, 3.63) is 0 Å². The Balaban J connectivity index is 1.85. The molecule has 0 N–H and O–H groups in total. The SMILES string of the molecule is CC(C)N1CCCC(C(=O)N2CCC2)CC1. The lowest BCUT2D eigenvalue weighted by Gasteiger charge is -2.34. The number of hydrogen-bond donors (Lipinski definition) is 0. The van der Waals surface area contributed by atoms with Gasteiger partial charge in [0.25, 0.3) is 0 Å². The third-order valence-electron chi connectivity index (χ3n) is 4.01. The van der Waals surface area contributed by atoms with Crippen LogP contribution >= 0.6 is 0 Å². The average Bonchev–Trinajstić information content (AvgIpc) is 2.39. The summed E-state index contributed by atoms with van der Waals surface area (Å²) >= 11 is 0. The van der Waals surface area contributed by atoms with Gasteiger partial charge in [0, 0.05) is 25.0 Å². The van der Waals surface area contributed by atoms with Crippen molar-refractivity contribution in [1.82, 2.24) is 9.80 Å². The van der Waals surface area contributed by atoms with Crippen molar-refractivity contribution in [3.63, 3.8) is 0 Å². The second-order valence-electron chi connectivity index (χ2n) is 5.44. The molecule has 0 bridgehead atoms. The Kier molecular flexibility index (Phi) is 3.85. The first-order valence-corrected chi connectivity index (χ1v) is 6.71. The molecule has 3 heteroatoms. The summed E-state index contributed by atoms with van der Waals surface area (Å²) in [5.74, 6) is 0.737. The molecule has 0 saturated carbocycles. The number of amides is 1. The predicted octanol–water partition coefficient (Wildman–Crippen LogP) is 1.73. The van der Waals surface area contributed by atoms with Crippen LogP contribution < -0.4 is 0 Å². The normalized spacial score (nSPS) is 27.7. The maximum absolute atomic E-state index is 12.1. The van der Waals surface area contributed by atoms with Gasteiger partial charge in [0.05, 0.1) is 0 Å². The van der Waals surface area contributed by atoms with Gasteiger partial charge in [-0.3, -0.25) is 4.79 Å². The molecule has 1 atom stereocenters. The first kappa shape index (κ1) is 11.9. The number of nitrogens with zero attached hydrogens (tertiary/aromatic N) is 2. The van der Waals surface area contributed by atoms with Gasteiger partial charge in [-0.05, 0) is 52.6 Å². The summed E-state index contributed by atoms with van der Waals surface area (Å²) < 4.78 is 0. The lowest BCUT2D eigenvalue weighted by atomic mass is 9.97. The lowest BCUT2D eigenvalue weighted by Crippen LogP contribution is -2.45. The fraction of sp³-hybridized carbons (Fsp3) is 0.923. The highest BCUT2D eigenvalue weighted by molar-refractivity contribution is 5.79. The minimum Gasteiger partial charge on any atom is -0.342 e. The Morgan fingerprint density at radius 2 is 1.81 bits per heavy atom. The molecule has 0 aromatic rings. The highest BCUT2D eigenvalue weighted by atomic mass is 16.2. The van der Waals surface area contributed by atoms with Crippen molar-refractivity contribution >= 4 is 5.91 Å². The first-order chi connectivity index (χ1) is 7.68. The van der Waals surface area contributed by atoms with Crippen molar-refractivity contribution in [3.8, 4) is 0 Å². The fourth-order valence-electron chi connectivity index (χ4n) is 2.68. The fourth-order valence-corrected chi connectivity index (χ4v) is 2.68. The summed E-state index contributed by atoms with van der Waals surface area (Å²) in [6.45, 7) is 8.77. The molecule has 16 heavy (non-hydrogen) atoms. The van der Waals surface area contributed by atoms with Crippen LogP contribution in [-0.4, -0.2) is 47.9 Å². The van der Waals surface area contributed by atoms with E-state index in [4.69, 9.17) is 0 Å². The molecular weight excluding hydrogens is 200 g/mol. The second-order valence-corrected chi connectivity index (χ2v) is 5.44. The number of rotatable bonds is 2. The molecule has 2 heterocycles. The van der Waals surface area contributed by atoms with Crippen molar-refractivity contribution in [2.45, 2.75) is 45.6 Å². The topological polar surface area (TPSA) is 23.6 Å². The molecule has 2 aliphatic rings. The molecule has 0 spiro atoms. The molecule has 2 rings (SSSR count). The molecule has 1 unspecified atom stereocenters. The van der Waals surface area contributed by atoms with Gasteiger partial charge in [0.1, 0.15) is 0 Å². The van der Waals surface area contributed by atoms with Crippen molar-refractivity contribution < 1.29 is 4.79 Å². The van der Waals surface area contributed by atoms with Crippen molar-refractivity contribution in [2.24, 2.45) is 5.92 Å². The Hall–Kier alpha value is -0.570. The van der Waals surface area contributed by atoms with Crippen LogP contribution in [0.2, 0.25) is 0 Å². The standard InChI is InChI=1S/C13H24N2O/c1-11(2)14-7-3-5-12(6-10-14)13(16)15-8-4-9-15/h11-12H,3-10H2,1-2H3. The molecule has 2 saturated heterocycles. The van der Waals surface area contributed by atoms with E-state index in [0.29, 0.717) is 17.9 Å². The van der Waals surface area contributed by atoms with E-state index in [0.717, 1.165) is 32.5 Å². The minimum absolute atomic E-state index is 0.309. The number of carbonyl (C=O) groups excluding carboxylic acids is 1. The number of hydrogen-bond acceptors (Lipinski definition) is 2. The summed E-state index contributed by atoms with van der Waals surface area (Å²) in [6, 6.07) is 0.623. The van der Waals surface area contributed by atoms with Crippen LogP contribution in [0.3, 0.4) is 0 Å². The van der Waals surface area contributed by atoms with E-state index in [1.54, 1.807) is 0 Å². The van der Waals surface area contributed by atoms with Crippen LogP contribution in [0.25, 0.3) is 0 Å². The molecule has 2 aliphatic heterocycles. The predicted molar refractivity (Wildman–Crippen MR) is 65.2 cm³/mol. The molecule has 3 nitrogen and oxygen atoms in total. The molecule has 0 aromatic heterocycles. The Morgan fingerprint density at radius 3 is 2.38 bits per heavy atom. The van der Waals surface area contributed by atoms with Crippen LogP contribution in [0.5, 0.6) is 0 Å². The Labute approximate surface area is 98.8 Å². The Morgan fingerprint density at radius 1 is 1.06 bits per heavy atom. The zero-order chi connectivity index (χ0) is 11.5. The van der Waals surface area contributed by atoms with E-state index in [1.807, 2.05) is 4.90 Å². The molecule has 92 valence electrons. The number of carbonyl (C=O) groups is 1. The summed E-state index contributed by atoms with van der Waals surface area (Å²) in [6.07, 6.45) is 4.55. The molecular formula is C13H24N2O. The van der Waals surface area contributed by atoms with E-state index < -0.39 is 0 Å². The van der Waals surface area contributed by atoms with Gasteiger partial charge in [-0.15, -0.1) is 0 Å². The van der Waals surface area contributed by atoms with Gasteiger partial charge in [0.2, 0.25) is 5.91 Å². The van der Waals surface area contributed by atoms with Crippen LogP contribution in [0.1, 0.15) is 39.5 Å². The van der Waals surface area contributed by atoms with E-state index in [2.05, 4.69) is 18.7 Å². The van der Waals surface area contributed by atoms with E-state index in [-0.39, 0.29) is 0 Å². The molecule has 2 fully saturated rings. The molecule has 1 amide bonds. The van der Waals surface area contributed by atoms with Gasteiger partial charge in [-0.2, -0.15) is 0 Å². The zero-order valence-electron chi connectivity index (χ0n) is 10.6. The minimum atomic E-state index is 0.309. The smallest absolute Gasteiger partial charge is 0.225 e. The molecule has 0 aromatic carbocycles. The quantitative estimate of drug-likeness (QED) is 0.713. The van der Waals surface area contributed by atoms with E-state index in [9.17, 15) is 4.79 Å². The summed E-state index contributed by atoms with van der Waals surface area (Å²) in [7, 11) is 0. The van der Waals surface area contributed by atoms with Gasteiger partial charge in [0.15, 0.2) is 0 Å². The maximum atomic E-state index is 12.1. The highest BCUT2D eigenvalue weighted by Gasteiger charge is 2.29. The van der Waals surface area contributed by atoms with E-state index in [1.165, 1.54) is 19.4 Å². The highest BCUT2D eigenvalue weighted by Crippen LogP contribution is 2.23. The Bertz CT molecular complexity index is 248.